The number of nitrogens with zero attached hydrogens (tertiary/aromatic N) is 3. The molecule has 0 bridgehead atoms. The highest BCUT2D eigenvalue weighted by Crippen LogP contribution is 2.31. The number of carbonyl (C=O) groups excluding carboxylic acids is 2. The Balaban J connectivity index is 1.61. The fraction of sp³-hybridized carbons (Fsp3) is 0.607. The fourth-order valence-electron chi connectivity index (χ4n) is 5.23. The van der Waals surface area contributed by atoms with E-state index >= 15 is 0 Å². The van der Waals surface area contributed by atoms with Crippen LogP contribution in [0.2, 0.25) is 0 Å². The van der Waals surface area contributed by atoms with Crippen LogP contribution in [0.15, 0.2) is 30.3 Å². The van der Waals surface area contributed by atoms with Gasteiger partial charge < -0.3 is 15.0 Å². The number of aromatic nitrogens is 2. The van der Waals surface area contributed by atoms with Crippen molar-refractivity contribution in [3.63, 3.8) is 0 Å². The number of rotatable bonds is 9. The van der Waals surface area contributed by atoms with Crippen LogP contribution >= 0.6 is 0 Å². The van der Waals surface area contributed by atoms with E-state index in [0.29, 0.717) is 44.3 Å². The molecule has 2 amide bonds. The van der Waals surface area contributed by atoms with E-state index in [4.69, 9.17) is 9.84 Å². The predicted octanol–water partition coefficient (Wildman–Crippen LogP) is 4.76. The summed E-state index contributed by atoms with van der Waals surface area (Å²) in [6.07, 6.45) is 6.20. The largest absolute Gasteiger partial charge is 0.382 e. The first kappa shape index (κ1) is 25.4. The fourth-order valence-corrected chi connectivity index (χ4v) is 5.23. The first-order valence-electron chi connectivity index (χ1n) is 13.2. The number of nitrogens with one attached hydrogen (secondary N) is 1. The van der Waals surface area contributed by atoms with Gasteiger partial charge in [-0.2, -0.15) is 5.10 Å². The first-order chi connectivity index (χ1) is 16.8. The third-order valence-corrected chi connectivity index (χ3v) is 7.47. The Hall–Kier alpha value is -2.67. The van der Waals surface area contributed by atoms with E-state index < -0.39 is 5.54 Å². The zero-order chi connectivity index (χ0) is 25.0. The molecular formula is C28H40N4O3. The van der Waals surface area contributed by atoms with Crippen LogP contribution in [-0.4, -0.2) is 57.8 Å². The number of amides is 2. The van der Waals surface area contributed by atoms with Gasteiger partial charge in [-0.05, 0) is 50.7 Å². The van der Waals surface area contributed by atoms with Crippen molar-refractivity contribution >= 4 is 11.8 Å². The summed E-state index contributed by atoms with van der Waals surface area (Å²) in [4.78, 5) is 29.1. The van der Waals surface area contributed by atoms with Gasteiger partial charge in [0.2, 0.25) is 5.91 Å². The zero-order valence-electron chi connectivity index (χ0n) is 21.7. The van der Waals surface area contributed by atoms with Gasteiger partial charge in [-0.1, -0.05) is 57.4 Å². The second-order valence-corrected chi connectivity index (χ2v) is 10.4. The number of hydrogen-bond donors (Lipinski definition) is 1. The average Bonchev–Trinajstić information content (AvgIpc) is 3.28. The quantitative estimate of drug-likeness (QED) is 0.525. The van der Waals surface area contributed by atoms with Crippen molar-refractivity contribution in [3.05, 3.63) is 41.6 Å². The summed E-state index contributed by atoms with van der Waals surface area (Å²) in [5.74, 6) is 0.221. The van der Waals surface area contributed by atoms with E-state index in [0.717, 1.165) is 36.9 Å². The Morgan fingerprint density at radius 1 is 1.20 bits per heavy atom. The highest BCUT2D eigenvalue weighted by molar-refractivity contribution is 6.00. The number of carbonyl (C=O) groups is 2. The number of hydrogen-bond acceptors (Lipinski definition) is 4. The molecule has 0 saturated heterocycles. The third-order valence-electron chi connectivity index (χ3n) is 7.47. The number of benzene rings is 1. The van der Waals surface area contributed by atoms with Gasteiger partial charge >= 0.3 is 0 Å². The van der Waals surface area contributed by atoms with Crippen molar-refractivity contribution in [1.82, 2.24) is 20.0 Å². The summed E-state index contributed by atoms with van der Waals surface area (Å²) in [6.45, 7) is 10.2. The second-order valence-electron chi connectivity index (χ2n) is 10.4. The van der Waals surface area contributed by atoms with Crippen molar-refractivity contribution in [3.8, 4) is 11.3 Å². The summed E-state index contributed by atoms with van der Waals surface area (Å²) in [5.41, 5.74) is 2.53. The Kier molecular flexibility index (Phi) is 7.95. The van der Waals surface area contributed by atoms with Gasteiger partial charge in [-0.25, -0.2) is 0 Å². The van der Waals surface area contributed by atoms with Crippen LogP contribution in [0, 0.1) is 0 Å². The minimum absolute atomic E-state index is 0.0850. The molecule has 1 aliphatic carbocycles. The minimum Gasteiger partial charge on any atom is -0.382 e. The van der Waals surface area contributed by atoms with Crippen molar-refractivity contribution < 1.29 is 14.3 Å². The highest BCUT2D eigenvalue weighted by Gasteiger charge is 2.48. The maximum Gasteiger partial charge on any atom is 0.273 e. The minimum atomic E-state index is -1.00. The molecule has 4 rings (SSSR count). The molecule has 1 saturated carbocycles. The molecule has 1 aromatic carbocycles. The lowest BCUT2D eigenvalue weighted by atomic mass is 9.91. The lowest BCUT2D eigenvalue weighted by Crippen LogP contribution is -2.65. The van der Waals surface area contributed by atoms with Crippen LogP contribution in [0.25, 0.3) is 11.3 Å². The Morgan fingerprint density at radius 3 is 2.57 bits per heavy atom. The van der Waals surface area contributed by atoms with Gasteiger partial charge in [0.25, 0.3) is 5.91 Å². The van der Waals surface area contributed by atoms with Gasteiger partial charge in [0.1, 0.15) is 11.2 Å². The van der Waals surface area contributed by atoms with Crippen LogP contribution < -0.4 is 5.32 Å². The molecule has 2 aromatic rings. The third kappa shape index (κ3) is 5.45. The molecule has 35 heavy (non-hydrogen) atoms. The van der Waals surface area contributed by atoms with Gasteiger partial charge in [-0.15, -0.1) is 0 Å². The van der Waals surface area contributed by atoms with Gasteiger partial charge in [0.05, 0.1) is 12.2 Å². The molecule has 1 aliphatic heterocycles. The molecule has 1 N–H and O–H groups in total. The van der Waals surface area contributed by atoms with E-state index in [1.807, 2.05) is 19.9 Å². The van der Waals surface area contributed by atoms with Crippen molar-refractivity contribution in [1.29, 1.82) is 0 Å². The zero-order valence-corrected chi connectivity index (χ0v) is 21.7. The summed E-state index contributed by atoms with van der Waals surface area (Å²) in [5, 5.41) is 8.04. The second kappa shape index (κ2) is 10.9. The molecule has 0 radical (unpaired) electrons. The molecule has 1 aromatic heterocycles. The predicted molar refractivity (Wildman–Crippen MR) is 137 cm³/mol. The molecule has 2 aliphatic rings. The van der Waals surface area contributed by atoms with Crippen LogP contribution in [0.5, 0.6) is 0 Å². The molecule has 7 nitrogen and oxygen atoms in total. The lowest BCUT2D eigenvalue weighted by molar-refractivity contribution is -0.134. The van der Waals surface area contributed by atoms with E-state index in [2.05, 4.69) is 43.4 Å². The maximum absolute atomic E-state index is 13.7. The maximum atomic E-state index is 13.7. The number of ether oxygens (including phenoxy) is 1. The van der Waals surface area contributed by atoms with Gasteiger partial charge in [-0.3, -0.25) is 14.3 Å². The van der Waals surface area contributed by atoms with E-state index in [-0.39, 0.29) is 17.9 Å². The standard InChI is InChI=1S/C28H40N4O3/c1-5-35-17-9-16-31-26(33)25-18-24(22-14-12-21(13-15-22)20(2)3)30-32(25)19-28(31,4)27(34)29-23-10-7-6-8-11-23/h12-15,18,20,23H,5-11,16-17,19H2,1-4H3,(H,29,34)/t28-/m0/s1. The van der Waals surface area contributed by atoms with Gasteiger partial charge in [0, 0.05) is 31.4 Å². The molecule has 1 fully saturated rings. The molecule has 0 unspecified atom stereocenters. The summed E-state index contributed by atoms with van der Waals surface area (Å²) in [6, 6.07) is 10.4. The van der Waals surface area contributed by atoms with Crippen LogP contribution in [0.4, 0.5) is 0 Å². The molecule has 7 heteroatoms. The summed E-state index contributed by atoms with van der Waals surface area (Å²) in [7, 11) is 0. The Bertz CT molecular complexity index is 1020. The average molecular weight is 481 g/mol. The Labute approximate surface area is 209 Å². The van der Waals surface area contributed by atoms with Crippen molar-refractivity contribution in [2.75, 3.05) is 19.8 Å². The summed E-state index contributed by atoms with van der Waals surface area (Å²) < 4.78 is 7.24. The molecular weight excluding hydrogens is 440 g/mol. The highest BCUT2D eigenvalue weighted by atomic mass is 16.5. The lowest BCUT2D eigenvalue weighted by Gasteiger charge is -2.44. The van der Waals surface area contributed by atoms with Gasteiger partial charge in [0.15, 0.2) is 0 Å². The topological polar surface area (TPSA) is 76.5 Å². The molecule has 0 spiro atoms. The van der Waals surface area contributed by atoms with Crippen LogP contribution in [-0.2, 0) is 16.1 Å². The molecule has 190 valence electrons. The smallest absolute Gasteiger partial charge is 0.273 e. The molecule has 1 atom stereocenters. The first-order valence-corrected chi connectivity index (χ1v) is 13.2. The van der Waals surface area contributed by atoms with E-state index in [1.165, 1.54) is 12.0 Å². The van der Waals surface area contributed by atoms with E-state index in [9.17, 15) is 9.59 Å². The number of fused-ring (bicyclic) bond motifs is 1. The van der Waals surface area contributed by atoms with Crippen molar-refractivity contribution in [2.24, 2.45) is 0 Å². The molecule has 2 heterocycles. The van der Waals surface area contributed by atoms with Crippen molar-refractivity contribution in [2.45, 2.75) is 90.3 Å². The van der Waals surface area contributed by atoms with E-state index in [1.54, 1.807) is 9.58 Å². The van der Waals surface area contributed by atoms with Crippen LogP contribution in [0.3, 0.4) is 0 Å². The monoisotopic (exact) mass is 480 g/mol. The van der Waals surface area contributed by atoms with Crippen LogP contribution in [0.1, 0.15) is 88.2 Å². The SMILES string of the molecule is CCOCCCN1C(=O)c2cc(-c3ccc(C(C)C)cc3)nn2C[C@@]1(C)C(=O)NC1CCCCC1. The Morgan fingerprint density at radius 2 is 1.91 bits per heavy atom. The summed E-state index contributed by atoms with van der Waals surface area (Å²) >= 11 is 0. The normalized spacial score (nSPS) is 20.8.